The van der Waals surface area contributed by atoms with Gasteiger partial charge < -0.3 is 10.6 Å². The van der Waals surface area contributed by atoms with Gasteiger partial charge in [-0.15, -0.1) is 0 Å². The van der Waals surface area contributed by atoms with Gasteiger partial charge in [0.1, 0.15) is 0 Å². The molecule has 0 amide bonds. The summed E-state index contributed by atoms with van der Waals surface area (Å²) in [4.78, 5) is 10.6. The van der Waals surface area contributed by atoms with E-state index in [1.165, 1.54) is 0 Å². The second kappa shape index (κ2) is 9.47. The Labute approximate surface area is 124 Å². The van der Waals surface area contributed by atoms with Crippen LogP contribution in [-0.4, -0.2) is 30.0 Å². The number of non-ortho nitro benzene ring substituents is 1. The molecule has 0 bridgehead atoms. The van der Waals surface area contributed by atoms with Gasteiger partial charge in [-0.2, -0.15) is 11.8 Å². The lowest BCUT2D eigenvalue weighted by Crippen LogP contribution is -2.05. The highest BCUT2D eigenvalue weighted by molar-refractivity contribution is 7.98. The summed E-state index contributed by atoms with van der Waals surface area (Å²) in [7, 11) is 0. The third-order valence-corrected chi connectivity index (χ3v) is 3.51. The lowest BCUT2D eigenvalue weighted by atomic mass is 10.2. The molecule has 20 heavy (non-hydrogen) atoms. The van der Waals surface area contributed by atoms with Gasteiger partial charge in [0.2, 0.25) is 0 Å². The summed E-state index contributed by atoms with van der Waals surface area (Å²) < 4.78 is 0. The first-order chi connectivity index (χ1) is 9.67. The van der Waals surface area contributed by atoms with Gasteiger partial charge in [0.05, 0.1) is 4.92 Å². The highest BCUT2D eigenvalue weighted by Crippen LogP contribution is 2.24. The zero-order chi connectivity index (χ0) is 14.8. The lowest BCUT2D eigenvalue weighted by Gasteiger charge is -2.10. The van der Waals surface area contributed by atoms with Gasteiger partial charge >= 0.3 is 0 Å². The van der Waals surface area contributed by atoms with Crippen LogP contribution >= 0.6 is 11.8 Å². The van der Waals surface area contributed by atoms with Gasteiger partial charge in [-0.3, -0.25) is 10.1 Å². The van der Waals surface area contributed by atoms with Crippen molar-refractivity contribution in [2.75, 3.05) is 35.7 Å². The van der Waals surface area contributed by atoms with Crippen LogP contribution in [0.3, 0.4) is 0 Å². The molecule has 2 N–H and O–H groups in total. The normalized spacial score (nSPS) is 10.3. The van der Waals surface area contributed by atoms with E-state index in [0.717, 1.165) is 49.5 Å². The molecule has 112 valence electrons. The standard InChI is InChI=1S/C14H23N3O2S/c1-3-6-15-12-9-13(11-14(10-12)17(18)19)16-7-4-5-8-20-2/h9-11,15-16H,3-8H2,1-2H3. The van der Waals surface area contributed by atoms with Gasteiger partial charge in [0.15, 0.2) is 0 Å². The van der Waals surface area contributed by atoms with Crippen molar-refractivity contribution in [1.82, 2.24) is 0 Å². The number of nitrogens with one attached hydrogen (secondary N) is 2. The SMILES string of the molecule is CCCNc1cc(NCCCCSC)cc([N+](=O)[O-])c1. The van der Waals surface area contributed by atoms with Crippen molar-refractivity contribution in [2.24, 2.45) is 0 Å². The van der Waals surface area contributed by atoms with Crippen LogP contribution in [0.15, 0.2) is 18.2 Å². The summed E-state index contributed by atoms with van der Waals surface area (Å²) in [5.74, 6) is 1.15. The maximum Gasteiger partial charge on any atom is 0.273 e. The summed E-state index contributed by atoms with van der Waals surface area (Å²) >= 11 is 1.84. The van der Waals surface area contributed by atoms with Crippen molar-refractivity contribution in [3.05, 3.63) is 28.3 Å². The van der Waals surface area contributed by atoms with Crippen molar-refractivity contribution in [3.8, 4) is 0 Å². The second-order valence-electron chi connectivity index (χ2n) is 4.58. The predicted molar refractivity (Wildman–Crippen MR) is 88.0 cm³/mol. The van der Waals surface area contributed by atoms with Crippen LogP contribution < -0.4 is 10.6 Å². The predicted octanol–water partition coefficient (Wildman–Crippen LogP) is 3.97. The average molecular weight is 297 g/mol. The topological polar surface area (TPSA) is 67.2 Å². The highest BCUT2D eigenvalue weighted by Gasteiger charge is 2.09. The molecule has 0 aliphatic heterocycles. The third-order valence-electron chi connectivity index (χ3n) is 2.81. The van der Waals surface area contributed by atoms with E-state index in [2.05, 4.69) is 23.8 Å². The number of nitro benzene ring substituents is 1. The molecular formula is C14H23N3O2S. The quantitative estimate of drug-likeness (QED) is 0.388. The van der Waals surface area contributed by atoms with Gasteiger partial charge in [0.25, 0.3) is 5.69 Å². The largest absolute Gasteiger partial charge is 0.385 e. The van der Waals surface area contributed by atoms with Gasteiger partial charge in [-0.25, -0.2) is 0 Å². The number of hydrogen-bond donors (Lipinski definition) is 2. The van der Waals surface area contributed by atoms with Crippen molar-refractivity contribution >= 4 is 28.8 Å². The molecule has 0 heterocycles. The Morgan fingerprint density at radius 2 is 1.80 bits per heavy atom. The smallest absolute Gasteiger partial charge is 0.273 e. The summed E-state index contributed by atoms with van der Waals surface area (Å²) in [5, 5.41) is 17.4. The number of nitrogens with zero attached hydrogens (tertiary/aromatic N) is 1. The van der Waals surface area contributed by atoms with E-state index in [4.69, 9.17) is 0 Å². The first-order valence-electron chi connectivity index (χ1n) is 6.93. The summed E-state index contributed by atoms with van der Waals surface area (Å²) in [6, 6.07) is 5.09. The summed E-state index contributed by atoms with van der Waals surface area (Å²) in [5.41, 5.74) is 1.73. The zero-order valence-electron chi connectivity index (χ0n) is 12.1. The maximum absolute atomic E-state index is 10.9. The minimum atomic E-state index is -0.351. The van der Waals surface area contributed by atoms with E-state index in [1.54, 1.807) is 12.1 Å². The number of nitro groups is 1. The Kier molecular flexibility index (Phi) is 7.87. The van der Waals surface area contributed by atoms with E-state index >= 15 is 0 Å². The van der Waals surface area contributed by atoms with Crippen LogP contribution in [-0.2, 0) is 0 Å². The van der Waals surface area contributed by atoms with Gasteiger partial charge in [0, 0.05) is 36.6 Å². The van der Waals surface area contributed by atoms with E-state index < -0.39 is 0 Å². The summed E-state index contributed by atoms with van der Waals surface area (Å²) in [6.07, 6.45) is 5.31. The van der Waals surface area contributed by atoms with E-state index in [-0.39, 0.29) is 10.6 Å². The Balaban J connectivity index is 2.63. The molecule has 1 aromatic carbocycles. The molecule has 0 aliphatic carbocycles. The molecule has 0 saturated carbocycles. The number of unbranched alkanes of at least 4 members (excludes halogenated alkanes) is 1. The lowest BCUT2D eigenvalue weighted by molar-refractivity contribution is -0.384. The number of hydrogen-bond acceptors (Lipinski definition) is 5. The van der Waals surface area contributed by atoms with Crippen LogP contribution in [0.4, 0.5) is 17.1 Å². The van der Waals surface area contributed by atoms with Crippen LogP contribution in [0.2, 0.25) is 0 Å². The van der Waals surface area contributed by atoms with E-state index in [1.807, 2.05) is 17.8 Å². The molecule has 0 aromatic heterocycles. The molecule has 0 atom stereocenters. The average Bonchev–Trinajstić information content (AvgIpc) is 2.44. The fourth-order valence-corrected chi connectivity index (χ4v) is 2.29. The van der Waals surface area contributed by atoms with Crippen LogP contribution in [0, 0.1) is 10.1 Å². The Morgan fingerprint density at radius 1 is 1.15 bits per heavy atom. The molecule has 5 nitrogen and oxygen atoms in total. The molecule has 0 saturated heterocycles. The molecule has 0 unspecified atom stereocenters. The molecule has 0 aliphatic rings. The van der Waals surface area contributed by atoms with Gasteiger partial charge in [-0.05, 0) is 37.3 Å². The molecular weight excluding hydrogens is 274 g/mol. The molecule has 6 heteroatoms. The summed E-state index contributed by atoms with van der Waals surface area (Å²) in [6.45, 7) is 3.72. The number of benzene rings is 1. The number of rotatable bonds is 10. The first kappa shape index (κ1) is 16.6. The van der Waals surface area contributed by atoms with Crippen LogP contribution in [0.25, 0.3) is 0 Å². The molecule has 1 rings (SSSR count). The highest BCUT2D eigenvalue weighted by atomic mass is 32.2. The fraction of sp³-hybridized carbons (Fsp3) is 0.571. The maximum atomic E-state index is 10.9. The number of thioether (sulfide) groups is 1. The second-order valence-corrected chi connectivity index (χ2v) is 5.56. The Bertz CT molecular complexity index is 427. The van der Waals surface area contributed by atoms with Crippen LogP contribution in [0.5, 0.6) is 0 Å². The van der Waals surface area contributed by atoms with Crippen molar-refractivity contribution in [1.29, 1.82) is 0 Å². The third kappa shape index (κ3) is 6.14. The zero-order valence-corrected chi connectivity index (χ0v) is 13.0. The van der Waals surface area contributed by atoms with Crippen molar-refractivity contribution < 1.29 is 4.92 Å². The van der Waals surface area contributed by atoms with E-state index in [0.29, 0.717) is 0 Å². The molecule has 0 spiro atoms. The molecule has 0 radical (unpaired) electrons. The minimum absolute atomic E-state index is 0.123. The monoisotopic (exact) mass is 297 g/mol. The number of anilines is 2. The first-order valence-corrected chi connectivity index (χ1v) is 8.33. The van der Waals surface area contributed by atoms with Crippen molar-refractivity contribution in [3.63, 3.8) is 0 Å². The molecule has 1 aromatic rings. The Hall–Kier alpha value is -1.43. The minimum Gasteiger partial charge on any atom is -0.385 e. The Morgan fingerprint density at radius 3 is 2.35 bits per heavy atom. The van der Waals surface area contributed by atoms with Crippen LogP contribution in [0.1, 0.15) is 26.2 Å². The molecule has 0 fully saturated rings. The van der Waals surface area contributed by atoms with Gasteiger partial charge in [-0.1, -0.05) is 6.92 Å². The van der Waals surface area contributed by atoms with E-state index in [9.17, 15) is 10.1 Å². The van der Waals surface area contributed by atoms with Crippen molar-refractivity contribution in [2.45, 2.75) is 26.2 Å². The fourth-order valence-electron chi connectivity index (χ4n) is 1.79.